The number of amides is 2. The first-order valence-electron chi connectivity index (χ1n) is 12.5. The number of likely N-dealkylation sites (tertiary alicyclic amines) is 1. The zero-order valence-corrected chi connectivity index (χ0v) is 21.6. The maximum absolute atomic E-state index is 14.4. The molecule has 2 bridgehead atoms. The Morgan fingerprint density at radius 3 is 2.58 bits per heavy atom. The van der Waals surface area contributed by atoms with E-state index in [9.17, 15) is 19.5 Å². The smallest absolute Gasteiger partial charge is 0.312 e. The first kappa shape index (κ1) is 26.2. The fourth-order valence-corrected chi connectivity index (χ4v) is 6.47. The summed E-state index contributed by atoms with van der Waals surface area (Å²) < 4.78 is 17.3. The lowest BCUT2D eigenvalue weighted by molar-refractivity contribution is -0.161. The molecule has 7 atom stereocenters. The first-order chi connectivity index (χ1) is 17.1. The van der Waals surface area contributed by atoms with Gasteiger partial charge in [-0.05, 0) is 57.4 Å². The van der Waals surface area contributed by atoms with Gasteiger partial charge in [-0.15, -0.1) is 6.58 Å². The lowest BCUT2D eigenvalue weighted by Gasteiger charge is -2.38. The van der Waals surface area contributed by atoms with Crippen LogP contribution in [0, 0.1) is 17.8 Å². The summed E-state index contributed by atoms with van der Waals surface area (Å²) in [5.74, 6) is -2.37. The Kier molecular flexibility index (Phi) is 6.92. The second-order valence-corrected chi connectivity index (χ2v) is 10.2. The predicted molar refractivity (Wildman–Crippen MR) is 132 cm³/mol. The van der Waals surface area contributed by atoms with Gasteiger partial charge in [0, 0.05) is 12.2 Å². The molecule has 1 aromatic carbocycles. The zero-order chi connectivity index (χ0) is 26.4. The largest absolute Gasteiger partial charge is 0.497 e. The maximum Gasteiger partial charge on any atom is 0.312 e. The van der Waals surface area contributed by atoms with Crippen LogP contribution in [0.1, 0.15) is 34.1 Å². The molecule has 3 saturated heterocycles. The molecule has 0 saturated carbocycles. The summed E-state index contributed by atoms with van der Waals surface area (Å²) in [6.45, 7) is 11.1. The van der Waals surface area contributed by atoms with Crippen molar-refractivity contribution in [2.45, 2.75) is 57.4 Å². The fraction of sp³-hybridized carbons (Fsp3) is 0.593. The maximum atomic E-state index is 14.4. The molecule has 1 N–H and O–H groups in total. The van der Waals surface area contributed by atoms with E-state index in [1.54, 1.807) is 56.2 Å². The number of aliphatic hydroxyl groups is 1. The highest BCUT2D eigenvalue weighted by Crippen LogP contribution is 2.65. The molecule has 3 aliphatic rings. The molecule has 0 radical (unpaired) electrons. The molecule has 3 heterocycles. The summed E-state index contributed by atoms with van der Waals surface area (Å²) in [6, 6.07) is 5.37. The Labute approximate surface area is 212 Å². The van der Waals surface area contributed by atoms with E-state index in [1.165, 1.54) is 4.90 Å². The molecule has 0 aromatic heterocycles. The van der Waals surface area contributed by atoms with Gasteiger partial charge in [-0.25, -0.2) is 0 Å². The van der Waals surface area contributed by atoms with Gasteiger partial charge in [0.05, 0.1) is 37.9 Å². The van der Waals surface area contributed by atoms with Crippen LogP contribution >= 0.6 is 0 Å². The van der Waals surface area contributed by atoms with Crippen LogP contribution in [0.3, 0.4) is 0 Å². The van der Waals surface area contributed by atoms with Gasteiger partial charge in [-0.3, -0.25) is 14.4 Å². The quantitative estimate of drug-likeness (QED) is 0.409. The standard InChI is InChI=1S/C27H36N2O7/c1-7-13-28(18-9-11-19(34-6)12-10-18)24(32)22-27-14-16(3)26(5,36-27)21(25(33)35-8-2)20(27)23(31)29(22)17(4)15-30/h7,9-12,16-17,20-22,30H,1,8,13-15H2,2-6H3/t16?,17-,20+,21-,22?,26+,27?/m1/s1. The van der Waals surface area contributed by atoms with Crippen molar-refractivity contribution >= 4 is 23.5 Å². The van der Waals surface area contributed by atoms with Crippen molar-refractivity contribution in [3.8, 4) is 5.75 Å². The number of fused-ring (bicyclic) bond motifs is 1. The van der Waals surface area contributed by atoms with Gasteiger partial charge in [0.15, 0.2) is 0 Å². The number of nitrogens with zero attached hydrogens (tertiary/aromatic N) is 2. The van der Waals surface area contributed by atoms with Gasteiger partial charge >= 0.3 is 5.97 Å². The molecule has 3 unspecified atom stereocenters. The van der Waals surface area contributed by atoms with E-state index in [2.05, 4.69) is 6.58 Å². The fourth-order valence-electron chi connectivity index (χ4n) is 6.47. The third kappa shape index (κ3) is 3.63. The number of benzene rings is 1. The molecule has 3 fully saturated rings. The lowest BCUT2D eigenvalue weighted by Crippen LogP contribution is -2.58. The van der Waals surface area contributed by atoms with Crippen molar-refractivity contribution in [2.24, 2.45) is 17.8 Å². The van der Waals surface area contributed by atoms with Crippen molar-refractivity contribution in [1.82, 2.24) is 4.90 Å². The topological polar surface area (TPSA) is 106 Å². The van der Waals surface area contributed by atoms with Crippen molar-refractivity contribution in [2.75, 3.05) is 31.8 Å². The van der Waals surface area contributed by atoms with E-state index in [-0.39, 0.29) is 37.5 Å². The highest BCUT2D eigenvalue weighted by atomic mass is 16.6. The van der Waals surface area contributed by atoms with Crippen LogP contribution in [-0.2, 0) is 23.9 Å². The Morgan fingerprint density at radius 2 is 2.03 bits per heavy atom. The van der Waals surface area contributed by atoms with Crippen LogP contribution in [0.2, 0.25) is 0 Å². The van der Waals surface area contributed by atoms with Gasteiger partial charge in [-0.1, -0.05) is 13.0 Å². The first-order valence-corrected chi connectivity index (χ1v) is 12.5. The van der Waals surface area contributed by atoms with Crippen molar-refractivity contribution in [3.63, 3.8) is 0 Å². The second kappa shape index (κ2) is 9.52. The number of hydrogen-bond acceptors (Lipinski definition) is 7. The summed E-state index contributed by atoms with van der Waals surface area (Å²) in [5.41, 5.74) is -1.55. The summed E-state index contributed by atoms with van der Waals surface area (Å²) in [6.07, 6.45) is 2.05. The van der Waals surface area contributed by atoms with Crippen LogP contribution in [-0.4, -0.2) is 77.9 Å². The van der Waals surface area contributed by atoms with E-state index in [0.29, 0.717) is 17.9 Å². The minimum atomic E-state index is -1.21. The molecular weight excluding hydrogens is 464 g/mol. The number of esters is 1. The monoisotopic (exact) mass is 500 g/mol. The molecule has 1 aromatic rings. The summed E-state index contributed by atoms with van der Waals surface area (Å²) >= 11 is 0. The SMILES string of the molecule is C=CCN(C(=O)C1N([C@H](C)CO)C(=O)[C@@H]2[C@H](C(=O)OCC)[C@@]3(C)OC12CC3C)c1ccc(OC)cc1. The van der Waals surface area contributed by atoms with E-state index in [4.69, 9.17) is 14.2 Å². The van der Waals surface area contributed by atoms with Gasteiger partial charge in [-0.2, -0.15) is 0 Å². The molecule has 2 amide bonds. The summed E-state index contributed by atoms with van der Waals surface area (Å²) in [4.78, 5) is 44.5. The van der Waals surface area contributed by atoms with E-state index >= 15 is 0 Å². The molecule has 0 aliphatic carbocycles. The third-order valence-corrected chi connectivity index (χ3v) is 8.23. The number of rotatable bonds is 9. The average molecular weight is 501 g/mol. The molecule has 4 rings (SSSR count). The van der Waals surface area contributed by atoms with E-state index < -0.39 is 41.1 Å². The number of carbonyl (C=O) groups is 3. The lowest BCUT2D eigenvalue weighted by atomic mass is 9.62. The Morgan fingerprint density at radius 1 is 1.36 bits per heavy atom. The molecule has 9 heteroatoms. The molecule has 9 nitrogen and oxygen atoms in total. The highest BCUT2D eigenvalue weighted by Gasteiger charge is 2.80. The number of methoxy groups -OCH3 is 1. The van der Waals surface area contributed by atoms with Gasteiger partial charge in [0.25, 0.3) is 5.91 Å². The van der Waals surface area contributed by atoms with Crippen LogP contribution in [0.15, 0.2) is 36.9 Å². The number of carbonyl (C=O) groups excluding carboxylic acids is 3. The minimum absolute atomic E-state index is 0.0931. The summed E-state index contributed by atoms with van der Waals surface area (Å²) in [7, 11) is 1.56. The molecule has 196 valence electrons. The second-order valence-electron chi connectivity index (χ2n) is 10.2. The number of ether oxygens (including phenoxy) is 3. The number of hydrogen-bond donors (Lipinski definition) is 1. The molecule has 36 heavy (non-hydrogen) atoms. The predicted octanol–water partition coefficient (Wildman–Crippen LogP) is 2.17. The van der Waals surface area contributed by atoms with Gasteiger partial charge in [0.2, 0.25) is 5.91 Å². The normalized spacial score (nSPS) is 33.3. The highest BCUT2D eigenvalue weighted by molar-refractivity contribution is 6.05. The Hall–Kier alpha value is -2.91. The van der Waals surface area contributed by atoms with Crippen LogP contribution in [0.5, 0.6) is 5.75 Å². The van der Waals surface area contributed by atoms with E-state index in [0.717, 1.165) is 0 Å². The van der Waals surface area contributed by atoms with Crippen molar-refractivity contribution in [3.05, 3.63) is 36.9 Å². The van der Waals surface area contributed by atoms with Crippen molar-refractivity contribution < 1.29 is 33.7 Å². The Balaban J connectivity index is 1.84. The minimum Gasteiger partial charge on any atom is -0.497 e. The zero-order valence-electron chi connectivity index (χ0n) is 21.6. The van der Waals surface area contributed by atoms with Crippen LogP contribution in [0.25, 0.3) is 0 Å². The van der Waals surface area contributed by atoms with Crippen LogP contribution in [0.4, 0.5) is 5.69 Å². The van der Waals surface area contributed by atoms with E-state index in [1.807, 2.05) is 13.8 Å². The summed E-state index contributed by atoms with van der Waals surface area (Å²) in [5, 5.41) is 10.0. The third-order valence-electron chi connectivity index (χ3n) is 8.23. The van der Waals surface area contributed by atoms with Gasteiger partial charge in [0.1, 0.15) is 23.3 Å². The average Bonchev–Trinajstić information content (AvgIpc) is 3.38. The van der Waals surface area contributed by atoms with Crippen LogP contribution < -0.4 is 9.64 Å². The number of anilines is 1. The molecule has 1 spiro atoms. The molecular formula is C27H36N2O7. The number of aliphatic hydroxyl groups excluding tert-OH is 1. The van der Waals surface area contributed by atoms with Crippen molar-refractivity contribution in [1.29, 1.82) is 0 Å². The molecule has 3 aliphatic heterocycles. The Bertz CT molecular complexity index is 1040. The van der Waals surface area contributed by atoms with Gasteiger partial charge < -0.3 is 29.1 Å².